The Labute approximate surface area is 185 Å². The van der Waals surface area contributed by atoms with Crippen LogP contribution in [0.15, 0.2) is 60.7 Å². The highest BCUT2D eigenvalue weighted by molar-refractivity contribution is 5.80. The third-order valence-electron chi connectivity index (χ3n) is 6.52. The second-order valence-corrected chi connectivity index (χ2v) is 9.70. The normalized spacial score (nSPS) is 16.2. The number of carbonyl (C=O) groups is 1. The van der Waals surface area contributed by atoms with Crippen LogP contribution in [-0.4, -0.2) is 22.6 Å². The van der Waals surface area contributed by atoms with E-state index in [-0.39, 0.29) is 11.5 Å². The maximum absolute atomic E-state index is 11.9. The smallest absolute Gasteiger partial charge is 0.407 e. The Hall–Kier alpha value is -3.07. The quantitative estimate of drug-likeness (QED) is 0.480. The van der Waals surface area contributed by atoms with Gasteiger partial charge >= 0.3 is 6.09 Å². The minimum atomic E-state index is -0.837. The van der Waals surface area contributed by atoms with Crippen molar-refractivity contribution in [1.29, 1.82) is 0 Å². The van der Waals surface area contributed by atoms with Crippen LogP contribution in [0.4, 0.5) is 4.79 Å². The molecule has 1 aliphatic rings. The third kappa shape index (κ3) is 3.85. The Bertz CT molecular complexity index is 1140. The van der Waals surface area contributed by atoms with Crippen molar-refractivity contribution in [3.8, 4) is 22.3 Å². The molecule has 0 radical (unpaired) electrons. The SMILES string of the molecule is Cc1ccccc1-c1cccc(-c2ccc3c(c2)CCN(C(=O)O)C3C(C)(C)C)c1C. The highest BCUT2D eigenvalue weighted by atomic mass is 16.4. The molecule has 0 aromatic heterocycles. The molecule has 1 amide bonds. The predicted octanol–water partition coefficient (Wildman–Crippen LogP) is 7.26. The highest BCUT2D eigenvalue weighted by Gasteiger charge is 2.38. The van der Waals surface area contributed by atoms with Crippen LogP contribution < -0.4 is 0 Å². The van der Waals surface area contributed by atoms with Crippen molar-refractivity contribution >= 4 is 6.09 Å². The molecule has 0 bridgehead atoms. The number of aryl methyl sites for hydroxylation is 1. The van der Waals surface area contributed by atoms with Gasteiger partial charge in [0.15, 0.2) is 0 Å². The van der Waals surface area contributed by atoms with E-state index in [4.69, 9.17) is 0 Å². The number of amides is 1. The molecule has 3 heteroatoms. The molecule has 3 aromatic carbocycles. The molecule has 160 valence electrons. The molecule has 4 rings (SSSR count). The molecule has 0 saturated heterocycles. The van der Waals surface area contributed by atoms with E-state index in [1.165, 1.54) is 38.9 Å². The van der Waals surface area contributed by atoms with Gasteiger partial charge in [-0.05, 0) is 70.2 Å². The first-order valence-electron chi connectivity index (χ1n) is 11.0. The number of carboxylic acid groups (broad SMARTS) is 1. The fourth-order valence-corrected chi connectivity index (χ4v) is 5.05. The molecule has 1 heterocycles. The lowest BCUT2D eigenvalue weighted by atomic mass is 9.76. The molecule has 1 atom stereocenters. The van der Waals surface area contributed by atoms with Crippen LogP contribution in [0.3, 0.4) is 0 Å². The highest BCUT2D eigenvalue weighted by Crippen LogP contribution is 2.43. The molecule has 3 nitrogen and oxygen atoms in total. The Balaban J connectivity index is 1.80. The summed E-state index contributed by atoms with van der Waals surface area (Å²) in [6.07, 6.45) is -0.0880. The number of fused-ring (bicyclic) bond motifs is 1. The van der Waals surface area contributed by atoms with Gasteiger partial charge in [-0.25, -0.2) is 4.79 Å². The Morgan fingerprint density at radius 2 is 1.61 bits per heavy atom. The summed E-state index contributed by atoms with van der Waals surface area (Å²) >= 11 is 0. The number of nitrogens with zero attached hydrogens (tertiary/aromatic N) is 1. The summed E-state index contributed by atoms with van der Waals surface area (Å²) in [5, 5.41) is 9.75. The van der Waals surface area contributed by atoms with Gasteiger partial charge in [-0.3, -0.25) is 0 Å². The molecule has 1 N–H and O–H groups in total. The van der Waals surface area contributed by atoms with Crippen molar-refractivity contribution in [2.45, 2.75) is 47.1 Å². The van der Waals surface area contributed by atoms with Gasteiger partial charge in [0.25, 0.3) is 0 Å². The van der Waals surface area contributed by atoms with Crippen molar-refractivity contribution in [3.63, 3.8) is 0 Å². The number of benzene rings is 3. The summed E-state index contributed by atoms with van der Waals surface area (Å²) in [4.78, 5) is 13.5. The fourth-order valence-electron chi connectivity index (χ4n) is 5.05. The summed E-state index contributed by atoms with van der Waals surface area (Å²) in [6, 6.07) is 21.5. The zero-order chi connectivity index (χ0) is 22.3. The van der Waals surface area contributed by atoms with E-state index < -0.39 is 6.09 Å². The predicted molar refractivity (Wildman–Crippen MR) is 127 cm³/mol. The molecular formula is C28H31NO2. The van der Waals surface area contributed by atoms with E-state index in [1.54, 1.807) is 4.90 Å². The summed E-state index contributed by atoms with van der Waals surface area (Å²) < 4.78 is 0. The Morgan fingerprint density at radius 1 is 0.935 bits per heavy atom. The topological polar surface area (TPSA) is 40.5 Å². The van der Waals surface area contributed by atoms with Crippen LogP contribution >= 0.6 is 0 Å². The van der Waals surface area contributed by atoms with Crippen LogP contribution in [0.1, 0.15) is 49.1 Å². The summed E-state index contributed by atoms with van der Waals surface area (Å²) in [5.74, 6) is 0. The second-order valence-electron chi connectivity index (χ2n) is 9.70. The molecule has 0 fully saturated rings. The standard InChI is InChI=1S/C28H31NO2/c1-18-9-6-7-10-22(18)24-12-8-11-23(19(24)2)20-13-14-25-21(17-20)15-16-29(27(30)31)26(25)28(3,4)5/h6-14,17,26H,15-16H2,1-5H3,(H,30,31). The number of hydrogen-bond donors (Lipinski definition) is 1. The van der Waals surface area contributed by atoms with E-state index >= 15 is 0 Å². The molecule has 31 heavy (non-hydrogen) atoms. The molecule has 3 aromatic rings. The van der Waals surface area contributed by atoms with E-state index in [0.717, 1.165) is 12.0 Å². The van der Waals surface area contributed by atoms with E-state index in [9.17, 15) is 9.90 Å². The summed E-state index contributed by atoms with van der Waals surface area (Å²) in [5.41, 5.74) is 9.73. The van der Waals surface area contributed by atoms with Crippen molar-refractivity contribution < 1.29 is 9.90 Å². The van der Waals surface area contributed by atoms with Gasteiger partial charge in [-0.1, -0.05) is 81.4 Å². The van der Waals surface area contributed by atoms with Crippen molar-refractivity contribution in [2.75, 3.05) is 6.54 Å². The minimum absolute atomic E-state index is 0.137. The van der Waals surface area contributed by atoms with Crippen molar-refractivity contribution in [1.82, 2.24) is 4.90 Å². The first-order valence-corrected chi connectivity index (χ1v) is 11.0. The lowest BCUT2D eigenvalue weighted by molar-refractivity contribution is 0.0759. The monoisotopic (exact) mass is 413 g/mol. The van der Waals surface area contributed by atoms with Gasteiger partial charge < -0.3 is 10.0 Å². The lowest BCUT2D eigenvalue weighted by Gasteiger charge is -2.43. The second kappa shape index (κ2) is 7.88. The van der Waals surface area contributed by atoms with Gasteiger partial charge in [0.1, 0.15) is 0 Å². The van der Waals surface area contributed by atoms with E-state index in [2.05, 4.69) is 95.3 Å². The lowest BCUT2D eigenvalue weighted by Crippen LogP contribution is -2.44. The minimum Gasteiger partial charge on any atom is -0.465 e. The average molecular weight is 414 g/mol. The van der Waals surface area contributed by atoms with Crippen molar-refractivity contribution in [3.05, 3.63) is 82.9 Å². The van der Waals surface area contributed by atoms with Crippen molar-refractivity contribution in [2.24, 2.45) is 5.41 Å². The molecule has 0 spiro atoms. The molecule has 0 saturated carbocycles. The van der Waals surface area contributed by atoms with Crippen LogP contribution in [0.2, 0.25) is 0 Å². The Morgan fingerprint density at radius 3 is 2.29 bits per heavy atom. The van der Waals surface area contributed by atoms with Gasteiger partial charge in [0.05, 0.1) is 6.04 Å². The molecule has 1 unspecified atom stereocenters. The first kappa shape index (κ1) is 21.2. The van der Waals surface area contributed by atoms with Gasteiger partial charge in [-0.15, -0.1) is 0 Å². The Kier molecular flexibility index (Phi) is 5.38. The third-order valence-corrected chi connectivity index (χ3v) is 6.52. The molecule has 1 aliphatic heterocycles. The number of rotatable bonds is 2. The maximum Gasteiger partial charge on any atom is 0.407 e. The summed E-state index contributed by atoms with van der Waals surface area (Å²) in [7, 11) is 0. The summed E-state index contributed by atoms with van der Waals surface area (Å²) in [6.45, 7) is 11.2. The van der Waals surface area contributed by atoms with E-state index in [1.807, 2.05) is 0 Å². The van der Waals surface area contributed by atoms with Gasteiger partial charge in [0, 0.05) is 6.54 Å². The molecule has 0 aliphatic carbocycles. The van der Waals surface area contributed by atoms with Crippen LogP contribution in [-0.2, 0) is 6.42 Å². The zero-order valence-electron chi connectivity index (χ0n) is 19.1. The molecular weight excluding hydrogens is 382 g/mol. The average Bonchev–Trinajstić information content (AvgIpc) is 2.72. The fraction of sp³-hybridized carbons (Fsp3) is 0.321. The van der Waals surface area contributed by atoms with Crippen LogP contribution in [0, 0.1) is 19.3 Å². The number of hydrogen-bond acceptors (Lipinski definition) is 1. The maximum atomic E-state index is 11.9. The van der Waals surface area contributed by atoms with Crippen LogP contribution in [0.5, 0.6) is 0 Å². The van der Waals surface area contributed by atoms with E-state index in [0.29, 0.717) is 6.54 Å². The van der Waals surface area contributed by atoms with Crippen LogP contribution in [0.25, 0.3) is 22.3 Å². The zero-order valence-corrected chi connectivity index (χ0v) is 19.1. The van der Waals surface area contributed by atoms with Gasteiger partial charge in [0.2, 0.25) is 0 Å². The van der Waals surface area contributed by atoms with Gasteiger partial charge in [-0.2, -0.15) is 0 Å². The first-order chi connectivity index (χ1) is 14.7. The largest absolute Gasteiger partial charge is 0.465 e.